The van der Waals surface area contributed by atoms with Crippen molar-refractivity contribution >= 4 is 44.2 Å². The third-order valence-corrected chi connectivity index (χ3v) is 6.98. The molecule has 10 nitrogen and oxygen atoms in total. The predicted octanol–water partition coefficient (Wildman–Crippen LogP) is 5.38. The Hall–Kier alpha value is -5.21. The molecule has 0 aliphatic carbocycles. The van der Waals surface area contributed by atoms with Crippen LogP contribution in [-0.4, -0.2) is 26.4 Å². The molecule has 0 heterocycles. The van der Waals surface area contributed by atoms with E-state index < -0.39 is 26.5 Å². The van der Waals surface area contributed by atoms with Crippen molar-refractivity contribution in [2.45, 2.75) is 11.8 Å². The standard InChI is InChI=1S/C28H21N3O7S/c1-18-7-11-22(12-8-18)39(35,36)38-26-13-9-19-5-3-4-6-23(19)24(26)15-20(17-29)28(32)30-25-16-21(31(33)34)10-14-27(25)37-2/h3-16H,1-2H3,(H,30,32). The van der Waals surface area contributed by atoms with Gasteiger partial charge >= 0.3 is 10.1 Å². The molecule has 4 aromatic carbocycles. The van der Waals surface area contributed by atoms with Crippen molar-refractivity contribution in [1.82, 2.24) is 0 Å². The number of ether oxygens (including phenoxy) is 1. The Morgan fingerprint density at radius 1 is 1.03 bits per heavy atom. The fourth-order valence-electron chi connectivity index (χ4n) is 3.76. The van der Waals surface area contributed by atoms with Gasteiger partial charge in [-0.25, -0.2) is 0 Å². The van der Waals surface area contributed by atoms with Crippen molar-refractivity contribution in [3.63, 3.8) is 0 Å². The van der Waals surface area contributed by atoms with Crippen LogP contribution in [0.25, 0.3) is 16.8 Å². The zero-order valence-electron chi connectivity index (χ0n) is 20.7. The highest BCUT2D eigenvalue weighted by molar-refractivity contribution is 7.87. The SMILES string of the molecule is COc1ccc([N+](=O)[O-])cc1NC(=O)C(C#N)=Cc1c(OS(=O)(=O)c2ccc(C)cc2)ccc2ccccc12. The van der Waals surface area contributed by atoms with E-state index in [4.69, 9.17) is 8.92 Å². The second kappa shape index (κ2) is 11.0. The topological polar surface area (TPSA) is 149 Å². The molecule has 0 radical (unpaired) electrons. The molecule has 0 aliphatic heterocycles. The van der Waals surface area contributed by atoms with Crippen LogP contribution < -0.4 is 14.2 Å². The maximum absolute atomic E-state index is 13.1. The van der Waals surface area contributed by atoms with Crippen LogP contribution in [0.15, 0.2) is 89.3 Å². The van der Waals surface area contributed by atoms with Crippen LogP contribution in [0.1, 0.15) is 11.1 Å². The van der Waals surface area contributed by atoms with Crippen LogP contribution in [0.4, 0.5) is 11.4 Å². The van der Waals surface area contributed by atoms with Gasteiger partial charge in [0, 0.05) is 17.7 Å². The van der Waals surface area contributed by atoms with E-state index in [9.17, 15) is 28.6 Å². The van der Waals surface area contributed by atoms with Crippen molar-refractivity contribution in [2.75, 3.05) is 12.4 Å². The summed E-state index contributed by atoms with van der Waals surface area (Å²) < 4.78 is 36.7. The average molecular weight is 544 g/mol. The second-order valence-corrected chi connectivity index (χ2v) is 9.86. The number of benzene rings is 4. The molecule has 0 aliphatic rings. The first kappa shape index (κ1) is 26.8. The van der Waals surface area contributed by atoms with Gasteiger partial charge in [-0.1, -0.05) is 48.0 Å². The number of amides is 1. The van der Waals surface area contributed by atoms with Gasteiger partial charge in [0.1, 0.15) is 22.3 Å². The van der Waals surface area contributed by atoms with E-state index >= 15 is 0 Å². The molecule has 4 aromatic rings. The van der Waals surface area contributed by atoms with Gasteiger partial charge in [-0.2, -0.15) is 13.7 Å². The summed E-state index contributed by atoms with van der Waals surface area (Å²) in [4.78, 5) is 23.6. The Morgan fingerprint density at radius 3 is 2.38 bits per heavy atom. The first-order valence-electron chi connectivity index (χ1n) is 11.4. The molecule has 196 valence electrons. The summed E-state index contributed by atoms with van der Waals surface area (Å²) in [5.41, 5.74) is 0.334. The van der Waals surface area contributed by atoms with Gasteiger partial charge < -0.3 is 14.2 Å². The lowest BCUT2D eigenvalue weighted by atomic mass is 10.0. The number of anilines is 1. The summed E-state index contributed by atoms with van der Waals surface area (Å²) in [5, 5.41) is 24.7. The van der Waals surface area contributed by atoms with Crippen LogP contribution >= 0.6 is 0 Å². The minimum atomic E-state index is -4.25. The molecule has 39 heavy (non-hydrogen) atoms. The van der Waals surface area contributed by atoms with E-state index in [1.807, 2.05) is 13.0 Å². The van der Waals surface area contributed by atoms with Gasteiger partial charge in [-0.3, -0.25) is 14.9 Å². The number of nitriles is 1. The minimum Gasteiger partial charge on any atom is -0.495 e. The highest BCUT2D eigenvalue weighted by atomic mass is 32.2. The van der Waals surface area contributed by atoms with Gasteiger partial charge in [-0.15, -0.1) is 0 Å². The van der Waals surface area contributed by atoms with Crippen molar-refractivity contribution in [2.24, 2.45) is 0 Å². The average Bonchev–Trinajstić information content (AvgIpc) is 2.92. The Labute approximate surface area is 224 Å². The smallest absolute Gasteiger partial charge is 0.339 e. The molecule has 1 amide bonds. The summed E-state index contributed by atoms with van der Waals surface area (Å²) in [6.45, 7) is 1.82. The van der Waals surface area contributed by atoms with Crippen LogP contribution in [0, 0.1) is 28.4 Å². The van der Waals surface area contributed by atoms with Crippen LogP contribution in [0.2, 0.25) is 0 Å². The molecule has 11 heteroatoms. The Morgan fingerprint density at radius 2 is 1.72 bits per heavy atom. The molecular formula is C28H21N3O7S. The number of methoxy groups -OCH3 is 1. The first-order valence-corrected chi connectivity index (χ1v) is 12.8. The molecule has 4 rings (SSSR count). The molecule has 1 N–H and O–H groups in total. The molecule has 0 unspecified atom stereocenters. The summed E-state index contributed by atoms with van der Waals surface area (Å²) in [6, 6.07) is 21.6. The summed E-state index contributed by atoms with van der Waals surface area (Å²) in [7, 11) is -2.92. The zero-order valence-corrected chi connectivity index (χ0v) is 21.6. The number of hydrogen-bond donors (Lipinski definition) is 1. The third kappa shape index (κ3) is 5.87. The van der Waals surface area contributed by atoms with Gasteiger partial charge in [0.15, 0.2) is 5.75 Å². The fraction of sp³-hybridized carbons (Fsp3) is 0.0714. The molecule has 0 bridgehead atoms. The van der Waals surface area contributed by atoms with E-state index in [1.54, 1.807) is 42.5 Å². The first-order chi connectivity index (χ1) is 18.6. The molecule has 0 saturated heterocycles. The molecule has 0 aromatic heterocycles. The lowest BCUT2D eigenvalue weighted by Crippen LogP contribution is -2.15. The number of fused-ring (bicyclic) bond motifs is 1. The van der Waals surface area contributed by atoms with Crippen molar-refractivity contribution < 1.29 is 27.1 Å². The van der Waals surface area contributed by atoms with E-state index in [2.05, 4.69) is 5.32 Å². The lowest BCUT2D eigenvalue weighted by molar-refractivity contribution is -0.384. The van der Waals surface area contributed by atoms with Crippen molar-refractivity contribution in [3.8, 4) is 17.6 Å². The highest BCUT2D eigenvalue weighted by Crippen LogP contribution is 2.33. The predicted molar refractivity (Wildman–Crippen MR) is 145 cm³/mol. The summed E-state index contributed by atoms with van der Waals surface area (Å²) >= 11 is 0. The van der Waals surface area contributed by atoms with Gasteiger partial charge in [0.2, 0.25) is 0 Å². The number of nitro benzene ring substituents is 1. The summed E-state index contributed by atoms with van der Waals surface area (Å²) in [5.74, 6) is -0.844. The molecular weight excluding hydrogens is 522 g/mol. The lowest BCUT2D eigenvalue weighted by Gasteiger charge is -2.13. The van der Waals surface area contributed by atoms with Crippen LogP contribution in [0.5, 0.6) is 11.5 Å². The fourth-order valence-corrected chi connectivity index (χ4v) is 4.71. The maximum Gasteiger partial charge on any atom is 0.339 e. The van der Waals surface area contributed by atoms with E-state index in [0.717, 1.165) is 11.6 Å². The number of aryl methyl sites for hydroxylation is 1. The molecule has 0 spiro atoms. The van der Waals surface area contributed by atoms with Crippen molar-refractivity contribution in [3.05, 3.63) is 106 Å². The molecule has 0 atom stereocenters. The van der Waals surface area contributed by atoms with Crippen molar-refractivity contribution in [1.29, 1.82) is 5.26 Å². The monoisotopic (exact) mass is 543 g/mol. The maximum atomic E-state index is 13.1. The number of hydrogen-bond acceptors (Lipinski definition) is 8. The highest BCUT2D eigenvalue weighted by Gasteiger charge is 2.21. The quantitative estimate of drug-likeness (QED) is 0.102. The van der Waals surface area contributed by atoms with E-state index in [-0.39, 0.29) is 33.3 Å². The largest absolute Gasteiger partial charge is 0.495 e. The Bertz CT molecular complexity index is 1770. The normalized spacial score (nSPS) is 11.5. The number of nitrogens with zero attached hydrogens (tertiary/aromatic N) is 2. The number of non-ortho nitro benzene ring substituents is 1. The van der Waals surface area contributed by atoms with E-state index in [1.165, 1.54) is 43.5 Å². The number of rotatable bonds is 8. The van der Waals surface area contributed by atoms with E-state index in [0.29, 0.717) is 10.8 Å². The van der Waals surface area contributed by atoms with Gasteiger partial charge in [-0.05, 0) is 48.0 Å². The zero-order chi connectivity index (χ0) is 28.2. The molecule has 0 saturated carbocycles. The summed E-state index contributed by atoms with van der Waals surface area (Å²) in [6.07, 6.45) is 1.21. The minimum absolute atomic E-state index is 0.0193. The Balaban J connectivity index is 1.78. The second-order valence-electron chi connectivity index (χ2n) is 8.31. The van der Waals surface area contributed by atoms with Gasteiger partial charge in [0.05, 0.1) is 17.7 Å². The molecule has 0 fully saturated rings. The van der Waals surface area contributed by atoms with Gasteiger partial charge in [0.25, 0.3) is 11.6 Å². The number of carbonyl (C=O) groups is 1. The Kier molecular flexibility index (Phi) is 7.60. The number of nitrogens with one attached hydrogen (secondary N) is 1. The van der Waals surface area contributed by atoms with Crippen LogP contribution in [0.3, 0.4) is 0 Å². The third-order valence-electron chi connectivity index (χ3n) is 5.74. The van der Waals surface area contributed by atoms with Crippen LogP contribution in [-0.2, 0) is 14.9 Å². The number of nitro groups is 1. The number of carbonyl (C=O) groups excluding carboxylic acids is 1.